The molecule has 4 rings (SSSR count). The molecule has 118 valence electrons. The highest BCUT2D eigenvalue weighted by Gasteiger charge is 2.45. The van der Waals surface area contributed by atoms with Crippen molar-refractivity contribution in [3.8, 4) is 0 Å². The minimum absolute atomic E-state index is 0.0117. The van der Waals surface area contributed by atoms with Gasteiger partial charge in [-0.2, -0.15) is 0 Å². The first kappa shape index (κ1) is 14.3. The highest BCUT2D eigenvalue weighted by Crippen LogP contribution is 2.45. The first-order chi connectivity index (χ1) is 11.0. The Morgan fingerprint density at radius 1 is 1.00 bits per heavy atom. The Morgan fingerprint density at radius 3 is 2.48 bits per heavy atom. The molecule has 0 spiro atoms. The van der Waals surface area contributed by atoms with E-state index in [9.17, 15) is 4.79 Å². The van der Waals surface area contributed by atoms with Crippen LogP contribution in [0.4, 0.5) is 5.69 Å². The van der Waals surface area contributed by atoms with Crippen LogP contribution in [0.25, 0.3) is 0 Å². The lowest BCUT2D eigenvalue weighted by molar-refractivity contribution is 0.0384. The number of carbonyl (C=O) groups excluding carboxylic acids is 1. The molecular formula is C20H22N2O. The highest BCUT2D eigenvalue weighted by molar-refractivity contribution is 6.02. The van der Waals surface area contributed by atoms with Crippen molar-refractivity contribution in [3.63, 3.8) is 0 Å². The monoisotopic (exact) mass is 306 g/mol. The number of hydrogen-bond acceptors (Lipinski definition) is 2. The maximum absolute atomic E-state index is 13.2. The lowest BCUT2D eigenvalue weighted by Crippen LogP contribution is -2.58. The van der Waals surface area contributed by atoms with Crippen molar-refractivity contribution in [1.29, 1.82) is 0 Å². The third-order valence-corrected chi connectivity index (χ3v) is 4.88. The third-order valence-electron chi connectivity index (χ3n) is 4.88. The van der Waals surface area contributed by atoms with Gasteiger partial charge in [-0.3, -0.25) is 4.79 Å². The van der Waals surface area contributed by atoms with Crippen LogP contribution >= 0.6 is 0 Å². The summed E-state index contributed by atoms with van der Waals surface area (Å²) in [6, 6.07) is 16.5. The Balaban J connectivity index is 1.96. The molecule has 0 aliphatic carbocycles. The predicted molar refractivity (Wildman–Crippen MR) is 92.6 cm³/mol. The molecule has 0 radical (unpaired) electrons. The Labute approximate surface area is 137 Å². The van der Waals surface area contributed by atoms with E-state index in [1.54, 1.807) is 0 Å². The molecule has 0 aromatic heterocycles. The van der Waals surface area contributed by atoms with Crippen LogP contribution in [-0.2, 0) is 6.42 Å². The fourth-order valence-electron chi connectivity index (χ4n) is 3.89. The average Bonchev–Trinajstić information content (AvgIpc) is 2.54. The largest absolute Gasteiger partial charge is 0.346 e. The molecule has 0 saturated heterocycles. The predicted octanol–water partition coefficient (Wildman–Crippen LogP) is 4.00. The van der Waals surface area contributed by atoms with Crippen LogP contribution in [0.3, 0.4) is 0 Å². The second-order valence-corrected chi connectivity index (χ2v) is 7.38. The van der Waals surface area contributed by atoms with Gasteiger partial charge in [-0.15, -0.1) is 0 Å². The second-order valence-electron chi connectivity index (χ2n) is 7.38. The molecule has 2 aromatic carbocycles. The molecule has 3 heteroatoms. The maximum atomic E-state index is 13.2. The normalized spacial score (nSPS) is 20.0. The van der Waals surface area contributed by atoms with Gasteiger partial charge in [0, 0.05) is 12.1 Å². The van der Waals surface area contributed by atoms with Gasteiger partial charge in [0.15, 0.2) is 0 Å². The van der Waals surface area contributed by atoms with E-state index in [0.717, 1.165) is 24.2 Å². The average molecular weight is 306 g/mol. The number of anilines is 1. The first-order valence-corrected chi connectivity index (χ1v) is 8.25. The number of hydrogen-bond donors (Lipinski definition) is 0. The summed E-state index contributed by atoms with van der Waals surface area (Å²) in [5, 5.41) is 0. The van der Waals surface area contributed by atoms with Crippen LogP contribution in [-0.4, -0.2) is 22.9 Å². The Kier molecular flexibility index (Phi) is 3.02. The maximum Gasteiger partial charge on any atom is 0.258 e. The lowest BCUT2D eigenvalue weighted by atomic mass is 9.89. The topological polar surface area (TPSA) is 23.6 Å². The summed E-state index contributed by atoms with van der Waals surface area (Å²) in [6.45, 7) is 7.30. The fraction of sp³-hybridized carbons (Fsp3) is 0.350. The van der Waals surface area contributed by atoms with Crippen molar-refractivity contribution in [2.75, 3.05) is 11.4 Å². The van der Waals surface area contributed by atoms with Crippen molar-refractivity contribution in [2.45, 2.75) is 38.9 Å². The van der Waals surface area contributed by atoms with Gasteiger partial charge in [-0.05, 0) is 50.5 Å². The van der Waals surface area contributed by atoms with Gasteiger partial charge in [0.1, 0.15) is 6.17 Å². The Hall–Kier alpha value is -2.29. The van der Waals surface area contributed by atoms with Crippen LogP contribution < -0.4 is 4.90 Å². The zero-order valence-corrected chi connectivity index (χ0v) is 13.9. The number of para-hydroxylation sites is 1. The molecule has 23 heavy (non-hydrogen) atoms. The summed E-state index contributed by atoms with van der Waals surface area (Å²) in [4.78, 5) is 17.7. The fourth-order valence-corrected chi connectivity index (χ4v) is 3.89. The van der Waals surface area contributed by atoms with E-state index in [2.05, 4.69) is 56.0 Å². The van der Waals surface area contributed by atoms with Gasteiger partial charge in [-0.1, -0.05) is 36.4 Å². The van der Waals surface area contributed by atoms with Crippen molar-refractivity contribution >= 4 is 11.6 Å². The molecule has 0 N–H and O–H groups in total. The molecule has 2 aliphatic heterocycles. The van der Waals surface area contributed by atoms with E-state index in [1.165, 1.54) is 11.1 Å². The number of fused-ring (bicyclic) bond motifs is 5. The quantitative estimate of drug-likeness (QED) is 0.734. The van der Waals surface area contributed by atoms with Gasteiger partial charge < -0.3 is 9.80 Å². The number of benzene rings is 2. The summed E-state index contributed by atoms with van der Waals surface area (Å²) in [6.07, 6.45) is 1.01. The standard InChI is InChI=1S/C20H22N2O/c1-20(2,3)22-18-15-9-5-4-8-14(15)12-13-21(18)17-11-7-6-10-16(17)19(22)23/h4-11,18H,12-13H2,1-3H3. The van der Waals surface area contributed by atoms with Crippen LogP contribution in [0.5, 0.6) is 0 Å². The number of rotatable bonds is 0. The van der Waals surface area contributed by atoms with Gasteiger partial charge in [0.25, 0.3) is 5.91 Å². The Bertz CT molecular complexity index is 775. The van der Waals surface area contributed by atoms with Gasteiger partial charge in [0.05, 0.1) is 11.3 Å². The van der Waals surface area contributed by atoms with Crippen LogP contribution in [0.2, 0.25) is 0 Å². The number of nitrogens with zero attached hydrogens (tertiary/aromatic N) is 2. The molecule has 2 heterocycles. The minimum Gasteiger partial charge on any atom is -0.346 e. The van der Waals surface area contributed by atoms with E-state index >= 15 is 0 Å². The molecule has 0 bridgehead atoms. The summed E-state index contributed by atoms with van der Waals surface area (Å²) in [5.41, 5.74) is 4.26. The third kappa shape index (κ3) is 2.07. The summed E-state index contributed by atoms with van der Waals surface area (Å²) in [7, 11) is 0. The number of amides is 1. The van der Waals surface area contributed by atoms with Crippen LogP contribution in [0.1, 0.15) is 48.4 Å². The van der Waals surface area contributed by atoms with Crippen molar-refractivity contribution in [2.24, 2.45) is 0 Å². The van der Waals surface area contributed by atoms with Crippen molar-refractivity contribution in [3.05, 3.63) is 65.2 Å². The molecule has 2 aromatic rings. The first-order valence-electron chi connectivity index (χ1n) is 8.25. The van der Waals surface area contributed by atoms with Crippen LogP contribution in [0, 0.1) is 0 Å². The summed E-state index contributed by atoms with van der Waals surface area (Å²) in [5.74, 6) is 0.131. The number of carbonyl (C=O) groups is 1. The molecule has 1 atom stereocenters. The molecule has 3 nitrogen and oxygen atoms in total. The zero-order chi connectivity index (χ0) is 16.2. The van der Waals surface area contributed by atoms with E-state index in [-0.39, 0.29) is 17.6 Å². The van der Waals surface area contributed by atoms with Gasteiger partial charge >= 0.3 is 0 Å². The van der Waals surface area contributed by atoms with Gasteiger partial charge in [-0.25, -0.2) is 0 Å². The second kappa shape index (κ2) is 4.85. The molecule has 0 saturated carbocycles. The SMILES string of the molecule is CC(C)(C)N1C(=O)c2ccccc2N2CCc3ccccc3C21. The lowest BCUT2D eigenvalue weighted by Gasteiger charge is -2.53. The van der Waals surface area contributed by atoms with E-state index < -0.39 is 0 Å². The van der Waals surface area contributed by atoms with E-state index in [4.69, 9.17) is 0 Å². The van der Waals surface area contributed by atoms with Crippen molar-refractivity contribution in [1.82, 2.24) is 4.90 Å². The van der Waals surface area contributed by atoms with Gasteiger partial charge in [0.2, 0.25) is 0 Å². The van der Waals surface area contributed by atoms with E-state index in [1.807, 2.05) is 23.1 Å². The smallest absolute Gasteiger partial charge is 0.258 e. The molecule has 1 unspecified atom stereocenters. The summed E-state index contributed by atoms with van der Waals surface area (Å²) < 4.78 is 0. The summed E-state index contributed by atoms with van der Waals surface area (Å²) >= 11 is 0. The van der Waals surface area contributed by atoms with Crippen LogP contribution in [0.15, 0.2) is 48.5 Å². The Morgan fingerprint density at radius 2 is 1.70 bits per heavy atom. The highest BCUT2D eigenvalue weighted by atomic mass is 16.2. The molecule has 0 fully saturated rings. The zero-order valence-electron chi connectivity index (χ0n) is 13.9. The van der Waals surface area contributed by atoms with E-state index in [0.29, 0.717) is 0 Å². The molecule has 1 amide bonds. The molecular weight excluding hydrogens is 284 g/mol. The molecule has 2 aliphatic rings. The van der Waals surface area contributed by atoms with Crippen molar-refractivity contribution < 1.29 is 4.79 Å². The minimum atomic E-state index is -0.238.